The molecule has 0 bridgehead atoms. The summed E-state index contributed by atoms with van der Waals surface area (Å²) in [5, 5.41) is 20.4. The van der Waals surface area contributed by atoms with Crippen LogP contribution in [0.5, 0.6) is 0 Å². The first-order chi connectivity index (χ1) is 11.1. The van der Waals surface area contributed by atoms with Crippen LogP contribution in [-0.2, 0) is 9.53 Å². The molecular formula is C13H21N5O4S. The van der Waals surface area contributed by atoms with Crippen molar-refractivity contribution in [2.24, 2.45) is 0 Å². The van der Waals surface area contributed by atoms with Gasteiger partial charge in [0.1, 0.15) is 5.69 Å². The number of amides is 1. The summed E-state index contributed by atoms with van der Waals surface area (Å²) in [6.45, 7) is 6.52. The smallest absolute Gasteiger partial charge is 0.323 e. The normalized spacial score (nSPS) is 15.5. The Hall–Kier alpha value is -1.65. The van der Waals surface area contributed by atoms with Gasteiger partial charge in [0.05, 0.1) is 23.9 Å². The molecule has 1 amide bonds. The van der Waals surface area contributed by atoms with Crippen LogP contribution in [-0.4, -0.2) is 71.1 Å². The number of carbonyl (C=O) groups excluding carboxylic acids is 1. The molecule has 128 valence electrons. The summed E-state index contributed by atoms with van der Waals surface area (Å²) >= 11 is 1.07. The molecule has 0 aliphatic carbocycles. The SMILES string of the molecule is Cc1[nH]nc(SCC(=O)NCCCN2CCOCC2)c1[N+](=O)[O-]. The lowest BCUT2D eigenvalue weighted by Crippen LogP contribution is -2.38. The van der Waals surface area contributed by atoms with Gasteiger partial charge in [0.15, 0.2) is 5.03 Å². The summed E-state index contributed by atoms with van der Waals surface area (Å²) in [4.78, 5) is 24.5. The Balaban J connectivity index is 1.64. The van der Waals surface area contributed by atoms with Gasteiger partial charge in [-0.2, -0.15) is 5.10 Å². The van der Waals surface area contributed by atoms with Crippen molar-refractivity contribution >= 4 is 23.4 Å². The second-order valence-electron chi connectivity index (χ2n) is 5.21. The van der Waals surface area contributed by atoms with Gasteiger partial charge in [-0.3, -0.25) is 24.9 Å². The highest BCUT2D eigenvalue weighted by molar-refractivity contribution is 8.00. The third-order valence-electron chi connectivity index (χ3n) is 3.48. The van der Waals surface area contributed by atoms with Gasteiger partial charge in [-0.1, -0.05) is 11.8 Å². The maximum atomic E-state index is 11.8. The van der Waals surface area contributed by atoms with Gasteiger partial charge in [0, 0.05) is 19.6 Å². The Labute approximate surface area is 138 Å². The van der Waals surface area contributed by atoms with Gasteiger partial charge in [0.2, 0.25) is 5.91 Å². The molecule has 1 aliphatic heterocycles. The number of thioether (sulfide) groups is 1. The van der Waals surface area contributed by atoms with Crippen molar-refractivity contribution in [3.05, 3.63) is 15.8 Å². The third kappa shape index (κ3) is 5.48. The number of carbonyl (C=O) groups is 1. The van der Waals surface area contributed by atoms with Crippen LogP contribution < -0.4 is 5.32 Å². The Morgan fingerprint density at radius 3 is 2.96 bits per heavy atom. The molecule has 2 heterocycles. The highest BCUT2D eigenvalue weighted by Gasteiger charge is 2.22. The zero-order valence-corrected chi connectivity index (χ0v) is 13.9. The summed E-state index contributed by atoms with van der Waals surface area (Å²) in [7, 11) is 0. The van der Waals surface area contributed by atoms with E-state index in [0.717, 1.165) is 51.0 Å². The molecule has 9 nitrogen and oxygen atoms in total. The van der Waals surface area contributed by atoms with Crippen LogP contribution in [0.15, 0.2) is 5.03 Å². The number of aromatic amines is 1. The largest absolute Gasteiger partial charge is 0.379 e. The summed E-state index contributed by atoms with van der Waals surface area (Å²) in [5.41, 5.74) is 0.332. The van der Waals surface area contributed by atoms with E-state index in [1.807, 2.05) is 0 Å². The summed E-state index contributed by atoms with van der Waals surface area (Å²) in [6, 6.07) is 0. The molecule has 0 aromatic carbocycles. The van der Waals surface area contributed by atoms with Crippen LogP contribution in [0.4, 0.5) is 5.69 Å². The van der Waals surface area contributed by atoms with Crippen LogP contribution in [0.3, 0.4) is 0 Å². The molecule has 0 saturated carbocycles. The minimum absolute atomic E-state index is 0.0601. The fraction of sp³-hybridized carbons (Fsp3) is 0.692. The van der Waals surface area contributed by atoms with Crippen molar-refractivity contribution in [3.63, 3.8) is 0 Å². The molecule has 0 atom stereocenters. The average Bonchev–Trinajstić information content (AvgIpc) is 2.91. The standard InChI is InChI=1S/C13H21N5O4S/c1-10-12(18(20)21)13(16-15-10)23-9-11(19)14-3-2-4-17-5-7-22-8-6-17/h2-9H2,1H3,(H,14,19)(H,15,16). The Kier molecular flexibility index (Phi) is 6.81. The number of nitro groups is 1. The first-order valence-corrected chi connectivity index (χ1v) is 8.45. The maximum Gasteiger partial charge on any atom is 0.323 e. The van der Waals surface area contributed by atoms with E-state index in [-0.39, 0.29) is 22.4 Å². The second-order valence-corrected chi connectivity index (χ2v) is 6.17. The van der Waals surface area contributed by atoms with E-state index in [0.29, 0.717) is 12.2 Å². The van der Waals surface area contributed by atoms with E-state index >= 15 is 0 Å². The average molecular weight is 343 g/mol. The quantitative estimate of drug-likeness (QED) is 0.307. The molecule has 1 fully saturated rings. The van der Waals surface area contributed by atoms with Crippen LogP contribution >= 0.6 is 11.8 Å². The van der Waals surface area contributed by atoms with Gasteiger partial charge in [-0.15, -0.1) is 0 Å². The van der Waals surface area contributed by atoms with Crippen LogP contribution in [0.25, 0.3) is 0 Å². The lowest BCUT2D eigenvalue weighted by atomic mass is 10.3. The Morgan fingerprint density at radius 1 is 1.52 bits per heavy atom. The fourth-order valence-corrected chi connectivity index (χ4v) is 3.10. The molecule has 1 saturated heterocycles. The van der Waals surface area contributed by atoms with E-state index in [2.05, 4.69) is 20.4 Å². The highest BCUT2D eigenvalue weighted by Crippen LogP contribution is 2.29. The number of hydrogen-bond acceptors (Lipinski definition) is 7. The summed E-state index contributed by atoms with van der Waals surface area (Å²) in [5.74, 6) is -0.0326. The van der Waals surface area contributed by atoms with Gasteiger partial charge in [0.25, 0.3) is 0 Å². The summed E-state index contributed by atoms with van der Waals surface area (Å²) in [6.07, 6.45) is 0.873. The van der Waals surface area contributed by atoms with E-state index in [9.17, 15) is 14.9 Å². The second kappa shape index (κ2) is 8.85. The maximum absolute atomic E-state index is 11.8. The molecule has 0 spiro atoms. The fourth-order valence-electron chi connectivity index (χ4n) is 2.26. The van der Waals surface area contributed by atoms with E-state index in [1.54, 1.807) is 6.92 Å². The molecule has 2 rings (SSSR count). The van der Waals surface area contributed by atoms with Crippen LogP contribution in [0.2, 0.25) is 0 Å². The van der Waals surface area contributed by atoms with Crippen LogP contribution in [0.1, 0.15) is 12.1 Å². The molecular weight excluding hydrogens is 322 g/mol. The third-order valence-corrected chi connectivity index (χ3v) is 4.45. The zero-order chi connectivity index (χ0) is 16.7. The Bertz CT molecular complexity index is 544. The van der Waals surface area contributed by atoms with Crippen molar-refractivity contribution in [3.8, 4) is 0 Å². The first kappa shape index (κ1) is 17.7. The molecule has 1 aliphatic rings. The van der Waals surface area contributed by atoms with Crippen LogP contribution in [0, 0.1) is 17.0 Å². The molecule has 0 unspecified atom stereocenters. The van der Waals surface area contributed by atoms with Gasteiger partial charge in [-0.05, 0) is 19.9 Å². The minimum atomic E-state index is -0.485. The predicted molar refractivity (Wildman–Crippen MR) is 85.6 cm³/mol. The van der Waals surface area contributed by atoms with Crippen molar-refractivity contribution in [1.29, 1.82) is 0 Å². The van der Waals surface area contributed by atoms with Crippen molar-refractivity contribution in [1.82, 2.24) is 20.4 Å². The number of ether oxygens (including phenoxy) is 1. The van der Waals surface area contributed by atoms with Crippen molar-refractivity contribution in [2.45, 2.75) is 18.4 Å². The van der Waals surface area contributed by atoms with E-state index in [1.165, 1.54) is 0 Å². The number of H-pyrrole nitrogens is 1. The lowest BCUT2D eigenvalue weighted by Gasteiger charge is -2.26. The van der Waals surface area contributed by atoms with Crippen molar-refractivity contribution in [2.75, 3.05) is 45.1 Å². The molecule has 2 N–H and O–H groups in total. The topological polar surface area (TPSA) is 113 Å². The number of aryl methyl sites for hydroxylation is 1. The van der Waals surface area contributed by atoms with Gasteiger partial charge in [-0.25, -0.2) is 0 Å². The van der Waals surface area contributed by atoms with Gasteiger partial charge >= 0.3 is 5.69 Å². The molecule has 10 heteroatoms. The molecule has 0 radical (unpaired) electrons. The lowest BCUT2D eigenvalue weighted by molar-refractivity contribution is -0.388. The number of aromatic nitrogens is 2. The number of nitrogens with one attached hydrogen (secondary N) is 2. The molecule has 23 heavy (non-hydrogen) atoms. The number of nitrogens with zero attached hydrogens (tertiary/aromatic N) is 3. The monoisotopic (exact) mass is 343 g/mol. The summed E-state index contributed by atoms with van der Waals surface area (Å²) < 4.78 is 5.28. The van der Waals surface area contributed by atoms with Gasteiger partial charge < -0.3 is 10.1 Å². The number of morpholine rings is 1. The first-order valence-electron chi connectivity index (χ1n) is 7.47. The number of rotatable bonds is 8. The Morgan fingerprint density at radius 2 is 2.26 bits per heavy atom. The zero-order valence-electron chi connectivity index (χ0n) is 13.0. The molecule has 1 aromatic rings. The predicted octanol–water partition coefficient (Wildman–Crippen LogP) is 0.557. The van der Waals surface area contributed by atoms with E-state index in [4.69, 9.17) is 4.74 Å². The van der Waals surface area contributed by atoms with Crippen molar-refractivity contribution < 1.29 is 14.5 Å². The van der Waals surface area contributed by atoms with E-state index < -0.39 is 4.92 Å². The minimum Gasteiger partial charge on any atom is -0.379 e. The number of hydrogen-bond donors (Lipinski definition) is 2. The molecule has 1 aromatic heterocycles. The highest BCUT2D eigenvalue weighted by atomic mass is 32.2.